The second-order valence-electron chi connectivity index (χ2n) is 4.35. The Labute approximate surface area is 118 Å². The molecule has 1 atom stereocenters. The van der Waals surface area contributed by atoms with Gasteiger partial charge in [-0.3, -0.25) is 9.59 Å². The van der Waals surface area contributed by atoms with Gasteiger partial charge in [-0.15, -0.1) is 0 Å². The van der Waals surface area contributed by atoms with Gasteiger partial charge in [-0.2, -0.15) is 0 Å². The standard InChI is InChI=1S/C14H20N2O4/c1-3-11(8-17)15-13(18)14(19)16-12-6-4-5-10(7-12)9-20-2/h4-7,11,17H,3,8-9H2,1-2H3,(H,15,18)(H,16,19). The highest BCUT2D eigenvalue weighted by molar-refractivity contribution is 6.39. The molecule has 0 aliphatic heterocycles. The lowest BCUT2D eigenvalue weighted by atomic mass is 10.2. The van der Waals surface area contributed by atoms with E-state index in [9.17, 15) is 9.59 Å². The largest absolute Gasteiger partial charge is 0.394 e. The molecule has 1 aromatic rings. The van der Waals surface area contributed by atoms with E-state index in [0.29, 0.717) is 18.7 Å². The molecule has 110 valence electrons. The molecule has 0 fully saturated rings. The van der Waals surface area contributed by atoms with Crippen molar-refractivity contribution in [2.75, 3.05) is 19.0 Å². The Kier molecular flexibility index (Phi) is 6.69. The molecule has 0 spiro atoms. The highest BCUT2D eigenvalue weighted by atomic mass is 16.5. The molecular formula is C14H20N2O4. The van der Waals surface area contributed by atoms with E-state index in [1.165, 1.54) is 0 Å². The third kappa shape index (κ3) is 4.99. The molecule has 0 bridgehead atoms. The van der Waals surface area contributed by atoms with Crippen LogP contribution < -0.4 is 10.6 Å². The number of benzene rings is 1. The van der Waals surface area contributed by atoms with Crippen molar-refractivity contribution < 1.29 is 19.4 Å². The summed E-state index contributed by atoms with van der Waals surface area (Å²) in [6.45, 7) is 2.05. The normalized spacial score (nSPS) is 11.8. The molecule has 0 aromatic heterocycles. The van der Waals surface area contributed by atoms with Crippen LogP contribution in [0.25, 0.3) is 0 Å². The van der Waals surface area contributed by atoms with Crippen LogP contribution in [0.2, 0.25) is 0 Å². The first-order valence-electron chi connectivity index (χ1n) is 6.41. The van der Waals surface area contributed by atoms with Gasteiger partial charge in [-0.25, -0.2) is 0 Å². The van der Waals surface area contributed by atoms with Crippen LogP contribution >= 0.6 is 0 Å². The second-order valence-corrected chi connectivity index (χ2v) is 4.35. The Bertz CT molecular complexity index is 458. The highest BCUT2D eigenvalue weighted by Crippen LogP contribution is 2.11. The molecule has 0 saturated heterocycles. The number of methoxy groups -OCH3 is 1. The maximum atomic E-state index is 11.7. The van der Waals surface area contributed by atoms with Gasteiger partial charge >= 0.3 is 11.8 Å². The fraction of sp³-hybridized carbons (Fsp3) is 0.429. The van der Waals surface area contributed by atoms with Crippen molar-refractivity contribution in [3.05, 3.63) is 29.8 Å². The van der Waals surface area contributed by atoms with Crippen LogP contribution in [-0.2, 0) is 20.9 Å². The molecule has 1 rings (SSSR count). The zero-order chi connectivity index (χ0) is 15.0. The molecule has 3 N–H and O–H groups in total. The number of aliphatic hydroxyl groups is 1. The summed E-state index contributed by atoms with van der Waals surface area (Å²) >= 11 is 0. The highest BCUT2D eigenvalue weighted by Gasteiger charge is 2.17. The average molecular weight is 280 g/mol. The molecule has 6 heteroatoms. The molecule has 20 heavy (non-hydrogen) atoms. The predicted octanol–water partition coefficient (Wildman–Crippen LogP) is 0.659. The van der Waals surface area contributed by atoms with E-state index in [4.69, 9.17) is 9.84 Å². The molecule has 0 saturated carbocycles. The van der Waals surface area contributed by atoms with E-state index in [1.54, 1.807) is 25.3 Å². The van der Waals surface area contributed by atoms with Gasteiger partial charge in [0.2, 0.25) is 0 Å². The van der Waals surface area contributed by atoms with Crippen molar-refractivity contribution in [2.24, 2.45) is 0 Å². The van der Waals surface area contributed by atoms with Crippen molar-refractivity contribution in [1.82, 2.24) is 5.32 Å². The minimum Gasteiger partial charge on any atom is -0.394 e. The number of hydrogen-bond donors (Lipinski definition) is 3. The van der Waals surface area contributed by atoms with Gasteiger partial charge in [0.25, 0.3) is 0 Å². The van der Waals surface area contributed by atoms with Crippen LogP contribution in [-0.4, -0.2) is 36.7 Å². The smallest absolute Gasteiger partial charge is 0.313 e. The number of carbonyl (C=O) groups excluding carboxylic acids is 2. The Hall–Kier alpha value is -1.92. The number of rotatable bonds is 6. The summed E-state index contributed by atoms with van der Waals surface area (Å²) in [4.78, 5) is 23.3. The molecule has 0 heterocycles. The van der Waals surface area contributed by atoms with Gasteiger partial charge in [0.15, 0.2) is 0 Å². The summed E-state index contributed by atoms with van der Waals surface area (Å²) in [5.74, 6) is -1.52. The SMILES string of the molecule is CCC(CO)NC(=O)C(=O)Nc1cccc(COC)c1. The quantitative estimate of drug-likeness (QED) is 0.668. The van der Waals surface area contributed by atoms with Crippen LogP contribution in [0.3, 0.4) is 0 Å². The van der Waals surface area contributed by atoms with Gasteiger partial charge < -0.3 is 20.5 Å². The number of nitrogens with one attached hydrogen (secondary N) is 2. The lowest BCUT2D eigenvalue weighted by Gasteiger charge is -2.13. The maximum Gasteiger partial charge on any atom is 0.313 e. The fourth-order valence-electron chi connectivity index (χ4n) is 1.62. The Morgan fingerprint density at radius 1 is 1.35 bits per heavy atom. The lowest BCUT2D eigenvalue weighted by Crippen LogP contribution is -2.43. The maximum absolute atomic E-state index is 11.7. The van der Waals surface area contributed by atoms with Crippen LogP contribution in [0.1, 0.15) is 18.9 Å². The van der Waals surface area contributed by atoms with E-state index >= 15 is 0 Å². The van der Waals surface area contributed by atoms with Crippen LogP contribution in [0.5, 0.6) is 0 Å². The molecule has 0 radical (unpaired) electrons. The monoisotopic (exact) mass is 280 g/mol. The molecule has 6 nitrogen and oxygen atoms in total. The molecule has 0 aliphatic rings. The predicted molar refractivity (Wildman–Crippen MR) is 75.1 cm³/mol. The number of carbonyl (C=O) groups is 2. The van der Waals surface area contributed by atoms with Crippen LogP contribution in [0, 0.1) is 0 Å². The zero-order valence-corrected chi connectivity index (χ0v) is 11.7. The first-order valence-corrected chi connectivity index (χ1v) is 6.41. The van der Waals surface area contributed by atoms with Gasteiger partial charge in [-0.1, -0.05) is 19.1 Å². The van der Waals surface area contributed by atoms with Gasteiger partial charge in [0.05, 0.1) is 19.3 Å². The molecule has 1 aromatic carbocycles. The topological polar surface area (TPSA) is 87.7 Å². The Balaban J connectivity index is 2.61. The van der Waals surface area contributed by atoms with E-state index in [-0.39, 0.29) is 6.61 Å². The van der Waals surface area contributed by atoms with Crippen molar-refractivity contribution in [3.8, 4) is 0 Å². The number of anilines is 1. The molecule has 0 aliphatic carbocycles. The zero-order valence-electron chi connectivity index (χ0n) is 11.7. The fourth-order valence-corrected chi connectivity index (χ4v) is 1.62. The number of amides is 2. The van der Waals surface area contributed by atoms with Gasteiger partial charge in [-0.05, 0) is 24.1 Å². The second kappa shape index (κ2) is 8.29. The van der Waals surface area contributed by atoms with Crippen LogP contribution in [0.4, 0.5) is 5.69 Å². The number of aliphatic hydroxyl groups excluding tert-OH is 1. The average Bonchev–Trinajstić information content (AvgIpc) is 2.45. The summed E-state index contributed by atoms with van der Waals surface area (Å²) in [7, 11) is 1.58. The summed E-state index contributed by atoms with van der Waals surface area (Å²) in [6.07, 6.45) is 0.554. The summed E-state index contributed by atoms with van der Waals surface area (Å²) in [6, 6.07) is 6.64. The minimum absolute atomic E-state index is 0.196. The third-order valence-electron chi connectivity index (χ3n) is 2.75. The minimum atomic E-state index is -0.761. The first kappa shape index (κ1) is 16.1. The van der Waals surface area contributed by atoms with Crippen LogP contribution in [0.15, 0.2) is 24.3 Å². The molecule has 1 unspecified atom stereocenters. The van der Waals surface area contributed by atoms with E-state index in [2.05, 4.69) is 10.6 Å². The molecule has 2 amide bonds. The Morgan fingerprint density at radius 2 is 2.10 bits per heavy atom. The Morgan fingerprint density at radius 3 is 2.70 bits per heavy atom. The van der Waals surface area contributed by atoms with Gasteiger partial charge in [0.1, 0.15) is 0 Å². The van der Waals surface area contributed by atoms with E-state index in [0.717, 1.165) is 5.56 Å². The van der Waals surface area contributed by atoms with E-state index < -0.39 is 17.9 Å². The van der Waals surface area contributed by atoms with E-state index in [1.807, 2.05) is 13.0 Å². The van der Waals surface area contributed by atoms with Crippen molar-refractivity contribution >= 4 is 17.5 Å². The third-order valence-corrected chi connectivity index (χ3v) is 2.75. The summed E-state index contributed by atoms with van der Waals surface area (Å²) < 4.78 is 5.00. The number of hydrogen-bond acceptors (Lipinski definition) is 4. The van der Waals surface area contributed by atoms with Gasteiger partial charge in [0, 0.05) is 12.8 Å². The number of ether oxygens (including phenoxy) is 1. The van der Waals surface area contributed by atoms with Crippen molar-refractivity contribution in [1.29, 1.82) is 0 Å². The van der Waals surface area contributed by atoms with Crippen molar-refractivity contribution in [3.63, 3.8) is 0 Å². The summed E-state index contributed by atoms with van der Waals surface area (Å²) in [5, 5.41) is 13.9. The first-order chi connectivity index (χ1) is 9.60. The summed E-state index contributed by atoms with van der Waals surface area (Å²) in [5.41, 5.74) is 1.42. The molecular weight excluding hydrogens is 260 g/mol. The lowest BCUT2D eigenvalue weighted by molar-refractivity contribution is -0.136. The van der Waals surface area contributed by atoms with Crippen molar-refractivity contribution in [2.45, 2.75) is 26.0 Å².